The van der Waals surface area contributed by atoms with E-state index in [9.17, 15) is 18.0 Å². The summed E-state index contributed by atoms with van der Waals surface area (Å²) in [6.45, 7) is 1.82. The summed E-state index contributed by atoms with van der Waals surface area (Å²) in [6, 6.07) is 6.69. The van der Waals surface area contributed by atoms with Crippen LogP contribution in [0.3, 0.4) is 0 Å². The summed E-state index contributed by atoms with van der Waals surface area (Å²) in [5.41, 5.74) is -1.68. The lowest BCUT2D eigenvalue weighted by atomic mass is 10.1. The summed E-state index contributed by atoms with van der Waals surface area (Å²) in [5, 5.41) is 13.7. The number of carbonyl (C=O) groups is 1. The smallest absolute Gasteiger partial charge is 0.417 e. The van der Waals surface area contributed by atoms with Gasteiger partial charge in [-0.15, -0.1) is 11.3 Å². The molecule has 1 aromatic heterocycles. The van der Waals surface area contributed by atoms with Crippen molar-refractivity contribution in [1.29, 1.82) is 0 Å². The summed E-state index contributed by atoms with van der Waals surface area (Å²) in [7, 11) is 0. The number of aromatic carboxylic acids is 1. The molecule has 0 radical (unpaired) electrons. The summed E-state index contributed by atoms with van der Waals surface area (Å²) < 4.78 is 38.7. The fraction of sp³-hybridized carbons (Fsp3) is 0.214. The monoisotopic (exact) mass is 315 g/mol. The second-order valence-corrected chi connectivity index (χ2v) is 5.42. The average molecular weight is 315 g/mol. The Morgan fingerprint density at radius 3 is 2.57 bits per heavy atom. The maximum absolute atomic E-state index is 12.9. The number of benzene rings is 1. The molecule has 0 bridgehead atoms. The van der Waals surface area contributed by atoms with Gasteiger partial charge >= 0.3 is 12.1 Å². The van der Waals surface area contributed by atoms with E-state index in [0.29, 0.717) is 0 Å². The molecule has 0 aliphatic heterocycles. The van der Waals surface area contributed by atoms with E-state index >= 15 is 0 Å². The van der Waals surface area contributed by atoms with E-state index < -0.39 is 23.3 Å². The lowest BCUT2D eigenvalue weighted by molar-refractivity contribution is -0.138. The Balaban J connectivity index is 2.32. The van der Waals surface area contributed by atoms with Crippen molar-refractivity contribution in [2.24, 2.45) is 0 Å². The zero-order valence-corrected chi connectivity index (χ0v) is 11.8. The summed E-state index contributed by atoms with van der Waals surface area (Å²) in [6.07, 6.45) is -4.71. The van der Waals surface area contributed by atoms with E-state index in [0.717, 1.165) is 17.0 Å². The summed E-state index contributed by atoms with van der Waals surface area (Å²) >= 11 is 1.49. The molecule has 0 saturated heterocycles. The van der Waals surface area contributed by atoms with Gasteiger partial charge in [0.05, 0.1) is 17.2 Å². The minimum Gasteiger partial charge on any atom is -0.478 e. The van der Waals surface area contributed by atoms with Crippen LogP contribution >= 0.6 is 11.3 Å². The van der Waals surface area contributed by atoms with Gasteiger partial charge in [0.25, 0.3) is 0 Å². The van der Waals surface area contributed by atoms with Gasteiger partial charge in [-0.1, -0.05) is 6.07 Å². The summed E-state index contributed by atoms with van der Waals surface area (Å²) in [5.74, 6) is -1.60. The molecule has 1 heterocycles. The number of nitrogens with one attached hydrogen (secondary N) is 1. The highest BCUT2D eigenvalue weighted by atomic mass is 32.1. The quantitative estimate of drug-likeness (QED) is 0.864. The molecule has 21 heavy (non-hydrogen) atoms. The third-order valence-corrected chi connectivity index (χ3v) is 3.96. The largest absolute Gasteiger partial charge is 0.478 e. The highest BCUT2D eigenvalue weighted by molar-refractivity contribution is 7.10. The third kappa shape index (κ3) is 3.55. The predicted molar refractivity (Wildman–Crippen MR) is 74.8 cm³/mol. The van der Waals surface area contributed by atoms with E-state index in [1.165, 1.54) is 17.4 Å². The molecule has 2 N–H and O–H groups in total. The van der Waals surface area contributed by atoms with Crippen molar-refractivity contribution >= 4 is 23.0 Å². The number of rotatable bonds is 4. The van der Waals surface area contributed by atoms with Crippen LogP contribution in [0.1, 0.15) is 33.8 Å². The Morgan fingerprint density at radius 1 is 1.33 bits per heavy atom. The van der Waals surface area contributed by atoms with Gasteiger partial charge in [0, 0.05) is 10.6 Å². The molecule has 1 aromatic carbocycles. The topological polar surface area (TPSA) is 49.3 Å². The second kappa shape index (κ2) is 5.77. The first-order chi connectivity index (χ1) is 9.79. The number of alkyl halides is 3. The molecule has 0 aliphatic rings. The van der Waals surface area contributed by atoms with Crippen molar-refractivity contribution < 1.29 is 23.1 Å². The van der Waals surface area contributed by atoms with Crippen molar-refractivity contribution in [3.63, 3.8) is 0 Å². The fourth-order valence-corrected chi connectivity index (χ4v) is 2.65. The maximum Gasteiger partial charge on any atom is 0.417 e. The Kier molecular flexibility index (Phi) is 4.22. The van der Waals surface area contributed by atoms with Gasteiger partial charge in [0.15, 0.2) is 0 Å². The summed E-state index contributed by atoms with van der Waals surface area (Å²) in [4.78, 5) is 11.8. The first-order valence-corrected chi connectivity index (χ1v) is 6.91. The van der Waals surface area contributed by atoms with Gasteiger partial charge in [-0.05, 0) is 36.6 Å². The van der Waals surface area contributed by atoms with Crippen LogP contribution in [0.15, 0.2) is 35.7 Å². The van der Waals surface area contributed by atoms with Crippen LogP contribution in [0.2, 0.25) is 0 Å². The van der Waals surface area contributed by atoms with Crippen molar-refractivity contribution in [3.8, 4) is 0 Å². The molecule has 0 spiro atoms. The van der Waals surface area contributed by atoms with Crippen molar-refractivity contribution in [2.45, 2.75) is 19.1 Å². The second-order valence-electron chi connectivity index (χ2n) is 4.44. The van der Waals surface area contributed by atoms with Gasteiger partial charge in [-0.25, -0.2) is 4.79 Å². The normalized spacial score (nSPS) is 13.0. The van der Waals surface area contributed by atoms with Crippen LogP contribution in [0.5, 0.6) is 0 Å². The Hall–Kier alpha value is -2.02. The fourth-order valence-electron chi connectivity index (χ4n) is 1.91. The molecule has 0 amide bonds. The first-order valence-electron chi connectivity index (χ1n) is 6.03. The standard InChI is InChI=1S/C14H12F3NO2S/c1-8(12-3-2-6-21-12)18-9-4-5-10(13(19)20)11(7-9)14(15,16)17/h2-8,18H,1H3,(H,19,20). The van der Waals surface area contributed by atoms with Crippen molar-refractivity contribution in [3.05, 3.63) is 51.7 Å². The molecule has 0 aliphatic carbocycles. The zero-order chi connectivity index (χ0) is 15.6. The van der Waals surface area contributed by atoms with Crippen LogP contribution in [0.25, 0.3) is 0 Å². The molecule has 0 saturated carbocycles. The van der Waals surface area contributed by atoms with Crippen LogP contribution in [-0.4, -0.2) is 11.1 Å². The Bertz CT molecular complexity index is 638. The number of halogens is 3. The number of hydrogen-bond acceptors (Lipinski definition) is 3. The molecule has 0 fully saturated rings. The van der Waals surface area contributed by atoms with Crippen LogP contribution < -0.4 is 5.32 Å². The number of anilines is 1. The third-order valence-electron chi connectivity index (χ3n) is 2.91. The highest BCUT2D eigenvalue weighted by Crippen LogP contribution is 2.34. The van der Waals surface area contributed by atoms with E-state index in [-0.39, 0.29) is 11.7 Å². The molecule has 2 rings (SSSR count). The van der Waals surface area contributed by atoms with Gasteiger partial charge in [0.1, 0.15) is 0 Å². The van der Waals surface area contributed by atoms with E-state index in [1.807, 2.05) is 24.4 Å². The van der Waals surface area contributed by atoms with Gasteiger partial charge < -0.3 is 10.4 Å². The van der Waals surface area contributed by atoms with Crippen molar-refractivity contribution in [2.75, 3.05) is 5.32 Å². The molecule has 1 atom stereocenters. The van der Waals surface area contributed by atoms with Crippen LogP contribution in [0, 0.1) is 0 Å². The van der Waals surface area contributed by atoms with Gasteiger partial charge in [-0.2, -0.15) is 13.2 Å². The molecule has 112 valence electrons. The Labute approximate surface area is 123 Å². The Morgan fingerprint density at radius 2 is 2.05 bits per heavy atom. The van der Waals surface area contributed by atoms with E-state index in [2.05, 4.69) is 5.32 Å². The van der Waals surface area contributed by atoms with E-state index in [4.69, 9.17) is 5.11 Å². The minimum atomic E-state index is -4.71. The maximum atomic E-state index is 12.9. The predicted octanol–water partition coefficient (Wildman–Crippen LogP) is 4.64. The van der Waals surface area contributed by atoms with Crippen LogP contribution in [-0.2, 0) is 6.18 Å². The molecule has 1 unspecified atom stereocenters. The number of thiophene rings is 1. The SMILES string of the molecule is CC(Nc1ccc(C(=O)O)c(C(F)(F)F)c1)c1cccs1. The number of carboxylic acids is 1. The van der Waals surface area contributed by atoms with Crippen molar-refractivity contribution in [1.82, 2.24) is 0 Å². The molecular formula is C14H12F3NO2S. The molecule has 3 nitrogen and oxygen atoms in total. The lowest BCUT2D eigenvalue weighted by Gasteiger charge is -2.17. The minimum absolute atomic E-state index is 0.165. The van der Waals surface area contributed by atoms with E-state index in [1.54, 1.807) is 0 Å². The van der Waals surface area contributed by atoms with Crippen LogP contribution in [0.4, 0.5) is 18.9 Å². The average Bonchev–Trinajstić information content (AvgIpc) is 2.91. The van der Waals surface area contributed by atoms with Gasteiger partial charge in [-0.3, -0.25) is 0 Å². The highest BCUT2D eigenvalue weighted by Gasteiger charge is 2.35. The lowest BCUT2D eigenvalue weighted by Crippen LogP contribution is -2.14. The number of hydrogen-bond donors (Lipinski definition) is 2. The molecule has 7 heteroatoms. The molecular weight excluding hydrogens is 303 g/mol. The zero-order valence-electron chi connectivity index (χ0n) is 10.9. The number of carboxylic acid groups (broad SMARTS) is 1. The first kappa shape index (κ1) is 15.4. The molecule has 2 aromatic rings. The van der Waals surface area contributed by atoms with Gasteiger partial charge in [0.2, 0.25) is 0 Å².